The Morgan fingerprint density at radius 1 is 1.29 bits per heavy atom. The first kappa shape index (κ1) is 11.3. The fourth-order valence-corrected chi connectivity index (χ4v) is 3.49. The van der Waals surface area contributed by atoms with Gasteiger partial charge in [-0.3, -0.25) is 0 Å². The molecule has 2 heteroatoms. The van der Waals surface area contributed by atoms with Crippen molar-refractivity contribution in [1.82, 2.24) is 0 Å². The van der Waals surface area contributed by atoms with Crippen LogP contribution in [0.15, 0.2) is 24.3 Å². The minimum absolute atomic E-state index is 0.997. The van der Waals surface area contributed by atoms with Crippen molar-refractivity contribution in [3.05, 3.63) is 30.3 Å². The molecule has 0 fully saturated rings. The van der Waals surface area contributed by atoms with Crippen LogP contribution in [0, 0.1) is 6.07 Å². The lowest BCUT2D eigenvalue weighted by Gasteiger charge is -2.23. The smallest absolute Gasteiger partial charge is 0.245 e. The summed E-state index contributed by atoms with van der Waals surface area (Å²) in [6, 6.07) is 12.0. The molecule has 0 atom stereocenters. The third kappa shape index (κ3) is 3.96. The molecule has 0 amide bonds. The zero-order chi connectivity index (χ0) is 10.4. The Morgan fingerprint density at radius 2 is 1.93 bits per heavy atom. The van der Waals surface area contributed by atoms with E-state index in [1.807, 2.05) is 24.3 Å². The van der Waals surface area contributed by atoms with Crippen molar-refractivity contribution in [2.45, 2.75) is 38.9 Å². The quantitative estimate of drug-likeness (QED) is 0.666. The summed E-state index contributed by atoms with van der Waals surface area (Å²) in [5.41, 5.74) is 0. The molecule has 0 unspecified atom stereocenters. The maximum Gasteiger partial charge on any atom is 0.245 e. The molecule has 77 valence electrons. The van der Waals surface area contributed by atoms with Gasteiger partial charge in [0.2, 0.25) is 8.32 Å². The third-order valence-corrected chi connectivity index (χ3v) is 4.56. The van der Waals surface area contributed by atoms with Crippen molar-refractivity contribution in [2.75, 3.05) is 0 Å². The zero-order valence-corrected chi connectivity index (χ0v) is 10.3. The molecular formula is C12H19OSi. The van der Waals surface area contributed by atoms with Crippen molar-refractivity contribution in [2.24, 2.45) is 0 Å². The van der Waals surface area contributed by atoms with Gasteiger partial charge in [-0.05, 0) is 37.3 Å². The van der Waals surface area contributed by atoms with Crippen LogP contribution in [0.25, 0.3) is 0 Å². The molecule has 1 aromatic rings. The first-order valence-corrected chi connectivity index (χ1v) is 8.41. The first-order chi connectivity index (χ1) is 6.64. The molecule has 0 spiro atoms. The summed E-state index contributed by atoms with van der Waals surface area (Å²) in [5.74, 6) is 0.997. The van der Waals surface area contributed by atoms with Gasteiger partial charge in [0.15, 0.2) is 0 Å². The largest absolute Gasteiger partial charge is 0.544 e. The predicted octanol–water partition coefficient (Wildman–Crippen LogP) is 3.87. The van der Waals surface area contributed by atoms with E-state index in [1.165, 1.54) is 18.9 Å². The van der Waals surface area contributed by atoms with Crippen LogP contribution in [0.1, 0.15) is 19.8 Å². The Hall–Kier alpha value is -0.763. The fraction of sp³-hybridized carbons (Fsp3) is 0.500. The van der Waals surface area contributed by atoms with E-state index in [0.717, 1.165) is 5.75 Å². The van der Waals surface area contributed by atoms with Crippen LogP contribution in [0.4, 0.5) is 0 Å². The van der Waals surface area contributed by atoms with Gasteiger partial charge in [0.1, 0.15) is 5.75 Å². The van der Waals surface area contributed by atoms with Gasteiger partial charge in [0.25, 0.3) is 0 Å². The van der Waals surface area contributed by atoms with E-state index in [4.69, 9.17) is 4.43 Å². The third-order valence-electron chi connectivity index (χ3n) is 2.21. The van der Waals surface area contributed by atoms with E-state index in [2.05, 4.69) is 26.1 Å². The minimum atomic E-state index is -1.48. The predicted molar refractivity (Wildman–Crippen MR) is 63.1 cm³/mol. The molecule has 0 N–H and O–H groups in total. The van der Waals surface area contributed by atoms with Gasteiger partial charge in [-0.1, -0.05) is 31.9 Å². The van der Waals surface area contributed by atoms with E-state index in [0.29, 0.717) is 0 Å². The van der Waals surface area contributed by atoms with Crippen molar-refractivity contribution in [3.63, 3.8) is 0 Å². The van der Waals surface area contributed by atoms with Crippen molar-refractivity contribution in [1.29, 1.82) is 0 Å². The van der Waals surface area contributed by atoms with Crippen LogP contribution in [-0.2, 0) is 0 Å². The maximum absolute atomic E-state index is 6.02. The summed E-state index contributed by atoms with van der Waals surface area (Å²) < 4.78 is 6.02. The number of unbranched alkanes of at least 4 members (excludes halogenated alkanes) is 1. The van der Waals surface area contributed by atoms with Crippen LogP contribution >= 0.6 is 0 Å². The normalized spacial score (nSPS) is 11.4. The highest BCUT2D eigenvalue weighted by molar-refractivity contribution is 6.71. The second kappa shape index (κ2) is 5.20. The molecule has 1 radical (unpaired) electrons. The van der Waals surface area contributed by atoms with Crippen molar-refractivity contribution < 1.29 is 4.43 Å². The summed E-state index contributed by atoms with van der Waals surface area (Å²) in [6.45, 7) is 6.78. The summed E-state index contributed by atoms with van der Waals surface area (Å²) >= 11 is 0. The second-order valence-electron chi connectivity index (χ2n) is 4.20. The topological polar surface area (TPSA) is 9.23 Å². The van der Waals surface area contributed by atoms with Gasteiger partial charge in [-0.25, -0.2) is 0 Å². The van der Waals surface area contributed by atoms with Crippen LogP contribution in [0.5, 0.6) is 5.75 Å². The molecule has 0 aliphatic heterocycles. The fourth-order valence-electron chi connectivity index (χ4n) is 1.41. The molecule has 1 rings (SSSR count). The lowest BCUT2D eigenvalue weighted by molar-refractivity contribution is 0.542. The molecule has 0 aromatic heterocycles. The van der Waals surface area contributed by atoms with E-state index in [-0.39, 0.29) is 0 Å². The SMILES string of the molecule is CCCC[Si](C)(C)Oc1cc[c]cc1. The highest BCUT2D eigenvalue weighted by atomic mass is 28.4. The van der Waals surface area contributed by atoms with Crippen LogP contribution in [-0.4, -0.2) is 8.32 Å². The zero-order valence-electron chi connectivity index (χ0n) is 9.34. The highest BCUT2D eigenvalue weighted by Crippen LogP contribution is 2.19. The van der Waals surface area contributed by atoms with Crippen LogP contribution in [0.2, 0.25) is 19.1 Å². The number of hydrogen-bond acceptors (Lipinski definition) is 1. The summed E-state index contributed by atoms with van der Waals surface area (Å²) in [6.07, 6.45) is 2.53. The van der Waals surface area contributed by atoms with E-state index in [9.17, 15) is 0 Å². The first-order valence-electron chi connectivity index (χ1n) is 5.29. The molecule has 0 bridgehead atoms. The molecule has 1 aromatic carbocycles. The Kier molecular flexibility index (Phi) is 4.20. The number of benzene rings is 1. The number of rotatable bonds is 5. The Balaban J connectivity index is 2.50. The molecule has 0 heterocycles. The highest BCUT2D eigenvalue weighted by Gasteiger charge is 2.23. The molecule has 1 nitrogen and oxygen atoms in total. The van der Waals surface area contributed by atoms with Crippen molar-refractivity contribution >= 4 is 8.32 Å². The van der Waals surface area contributed by atoms with E-state index >= 15 is 0 Å². The van der Waals surface area contributed by atoms with E-state index < -0.39 is 8.32 Å². The van der Waals surface area contributed by atoms with Gasteiger partial charge in [-0.2, -0.15) is 0 Å². The molecule has 0 aliphatic rings. The maximum atomic E-state index is 6.02. The molecule has 14 heavy (non-hydrogen) atoms. The van der Waals surface area contributed by atoms with Crippen LogP contribution < -0.4 is 4.43 Å². The lowest BCUT2D eigenvalue weighted by atomic mass is 10.3. The lowest BCUT2D eigenvalue weighted by Crippen LogP contribution is -2.33. The van der Waals surface area contributed by atoms with Gasteiger partial charge in [0.05, 0.1) is 0 Å². The Bertz CT molecular complexity index is 256. The minimum Gasteiger partial charge on any atom is -0.544 e. The van der Waals surface area contributed by atoms with Crippen molar-refractivity contribution in [3.8, 4) is 5.75 Å². The van der Waals surface area contributed by atoms with Gasteiger partial charge < -0.3 is 4.43 Å². The second-order valence-corrected chi connectivity index (χ2v) is 8.42. The Morgan fingerprint density at radius 3 is 2.50 bits per heavy atom. The van der Waals surface area contributed by atoms with Gasteiger partial charge in [-0.15, -0.1) is 0 Å². The van der Waals surface area contributed by atoms with Gasteiger partial charge >= 0.3 is 0 Å². The molecule has 0 aliphatic carbocycles. The molecule has 0 saturated carbocycles. The Labute approximate surface area is 88.2 Å². The summed E-state index contributed by atoms with van der Waals surface area (Å²) in [4.78, 5) is 0. The average Bonchev–Trinajstić information content (AvgIpc) is 2.16. The average molecular weight is 207 g/mol. The molecule has 0 saturated heterocycles. The monoisotopic (exact) mass is 207 g/mol. The number of hydrogen-bond donors (Lipinski definition) is 0. The summed E-state index contributed by atoms with van der Waals surface area (Å²) in [7, 11) is -1.48. The standard InChI is InChI=1S/C12H19OSi/c1-4-5-11-14(2,3)13-12-9-7-6-8-10-12/h7-10H,4-5,11H2,1-3H3. The van der Waals surface area contributed by atoms with Gasteiger partial charge in [0, 0.05) is 0 Å². The summed E-state index contributed by atoms with van der Waals surface area (Å²) in [5, 5.41) is 0. The van der Waals surface area contributed by atoms with Crippen LogP contribution in [0.3, 0.4) is 0 Å². The molecular weight excluding hydrogens is 188 g/mol. The van der Waals surface area contributed by atoms with E-state index in [1.54, 1.807) is 0 Å².